The van der Waals surface area contributed by atoms with E-state index in [9.17, 15) is 9.50 Å². The van der Waals surface area contributed by atoms with Crippen molar-refractivity contribution in [3.05, 3.63) is 65.1 Å². The van der Waals surface area contributed by atoms with E-state index in [1.54, 1.807) is 7.11 Å². The first kappa shape index (κ1) is 21.4. The highest BCUT2D eigenvalue weighted by atomic mass is 19.1. The third kappa shape index (κ3) is 3.41. The monoisotopic (exact) mass is 437 g/mol. The molecule has 3 aromatic rings. The van der Waals surface area contributed by atoms with Gasteiger partial charge in [0.25, 0.3) is 0 Å². The zero-order chi connectivity index (χ0) is 22.5. The summed E-state index contributed by atoms with van der Waals surface area (Å²) in [7, 11) is 5.99. The molecule has 32 heavy (non-hydrogen) atoms. The molecule has 1 spiro atoms. The van der Waals surface area contributed by atoms with Crippen molar-refractivity contribution in [2.24, 2.45) is 7.05 Å². The first-order valence-electron chi connectivity index (χ1n) is 11.4. The lowest BCUT2D eigenvalue weighted by atomic mass is 9.68. The van der Waals surface area contributed by atoms with Gasteiger partial charge < -0.3 is 19.3 Å². The Kier molecular flexibility index (Phi) is 5.48. The van der Waals surface area contributed by atoms with Crippen molar-refractivity contribution in [3.8, 4) is 5.75 Å². The number of methoxy groups -OCH3 is 1. The number of hydrogen-bond acceptors (Lipinski definition) is 4. The molecule has 5 nitrogen and oxygen atoms in total. The summed E-state index contributed by atoms with van der Waals surface area (Å²) in [5.74, 6) is 0.624. The molecule has 0 radical (unpaired) electrons. The Morgan fingerprint density at radius 1 is 1.09 bits per heavy atom. The van der Waals surface area contributed by atoms with Gasteiger partial charge in [-0.1, -0.05) is 12.1 Å². The maximum absolute atomic E-state index is 13.5. The number of aryl methyl sites for hydroxylation is 1. The van der Waals surface area contributed by atoms with E-state index in [-0.39, 0.29) is 23.9 Å². The van der Waals surface area contributed by atoms with Gasteiger partial charge >= 0.3 is 0 Å². The van der Waals surface area contributed by atoms with Crippen LogP contribution < -0.4 is 4.74 Å². The Balaban J connectivity index is 1.67. The number of fused-ring (bicyclic) bond motifs is 4. The molecule has 0 saturated carbocycles. The molecule has 1 fully saturated rings. The minimum Gasteiger partial charge on any atom is -0.497 e. The number of hydrogen-bond donors (Lipinski definition) is 1. The largest absolute Gasteiger partial charge is 0.497 e. The van der Waals surface area contributed by atoms with E-state index in [1.807, 2.05) is 18.2 Å². The van der Waals surface area contributed by atoms with Crippen LogP contribution in [0.4, 0.5) is 4.39 Å². The first-order valence-corrected chi connectivity index (χ1v) is 11.4. The number of aliphatic hydroxyl groups is 1. The normalized spacial score (nSPS) is 21.2. The Morgan fingerprint density at radius 3 is 2.47 bits per heavy atom. The SMILES string of the molecule is COc1ccc2c3c(n(C)c2c1)[C@H](CO)N(Cc1ccc(F)cc1)CC31CCN(C)CC1. The minimum absolute atomic E-state index is 0.0294. The van der Waals surface area contributed by atoms with Crippen LogP contribution in [0.5, 0.6) is 5.75 Å². The lowest BCUT2D eigenvalue weighted by molar-refractivity contribution is 0.0456. The molecular weight excluding hydrogens is 405 g/mol. The molecule has 1 atom stereocenters. The summed E-state index contributed by atoms with van der Waals surface area (Å²) in [5, 5.41) is 11.8. The van der Waals surface area contributed by atoms with E-state index in [0.717, 1.165) is 49.3 Å². The lowest BCUT2D eigenvalue weighted by Crippen LogP contribution is -2.53. The van der Waals surface area contributed by atoms with Crippen LogP contribution in [0.25, 0.3) is 10.9 Å². The van der Waals surface area contributed by atoms with E-state index < -0.39 is 0 Å². The fraction of sp³-hybridized carbons (Fsp3) is 0.462. The number of rotatable bonds is 4. The molecule has 3 heterocycles. The third-order valence-corrected chi connectivity index (χ3v) is 7.66. The number of halogens is 1. The third-order valence-electron chi connectivity index (χ3n) is 7.66. The van der Waals surface area contributed by atoms with Crippen LogP contribution in [0, 0.1) is 5.82 Å². The van der Waals surface area contributed by atoms with Gasteiger partial charge in [0.05, 0.1) is 25.3 Å². The van der Waals surface area contributed by atoms with Crippen LogP contribution in [0.2, 0.25) is 0 Å². The van der Waals surface area contributed by atoms with Gasteiger partial charge in [-0.2, -0.15) is 0 Å². The van der Waals surface area contributed by atoms with Crippen molar-refractivity contribution in [2.45, 2.75) is 30.8 Å². The Hall–Kier alpha value is -2.41. The molecule has 0 aliphatic carbocycles. The van der Waals surface area contributed by atoms with E-state index in [1.165, 1.54) is 28.8 Å². The predicted molar refractivity (Wildman–Crippen MR) is 125 cm³/mol. The standard InChI is InChI=1S/C26H32FN3O2/c1-28-12-10-26(11-13-28)17-30(15-18-4-6-19(27)7-5-18)23(16-31)25-24(26)21-9-8-20(32-3)14-22(21)29(25)2/h4-9,14,23,31H,10-13,15-17H2,1-3H3/t23-/m0/s1. The number of ether oxygens (including phenoxy) is 1. The maximum Gasteiger partial charge on any atom is 0.123 e. The average Bonchev–Trinajstić information content (AvgIpc) is 3.10. The van der Waals surface area contributed by atoms with Crippen molar-refractivity contribution in [1.29, 1.82) is 0 Å². The van der Waals surface area contributed by atoms with Gasteiger partial charge in [-0.25, -0.2) is 4.39 Å². The Morgan fingerprint density at radius 2 is 1.81 bits per heavy atom. The number of likely N-dealkylation sites (tertiary alicyclic amines) is 1. The molecule has 0 amide bonds. The molecule has 1 saturated heterocycles. The molecule has 1 N–H and O–H groups in total. The smallest absolute Gasteiger partial charge is 0.123 e. The fourth-order valence-electron chi connectivity index (χ4n) is 5.91. The van der Waals surface area contributed by atoms with Crippen molar-refractivity contribution in [1.82, 2.24) is 14.4 Å². The molecule has 170 valence electrons. The number of nitrogens with zero attached hydrogens (tertiary/aromatic N) is 3. The molecule has 0 bridgehead atoms. The van der Waals surface area contributed by atoms with E-state index >= 15 is 0 Å². The van der Waals surface area contributed by atoms with Crippen LogP contribution in [-0.4, -0.2) is 59.9 Å². The molecule has 2 aliphatic heterocycles. The van der Waals surface area contributed by atoms with Crippen LogP contribution >= 0.6 is 0 Å². The van der Waals surface area contributed by atoms with Gasteiger partial charge in [-0.15, -0.1) is 0 Å². The highest BCUT2D eigenvalue weighted by molar-refractivity contribution is 5.88. The quantitative estimate of drug-likeness (QED) is 0.673. The highest BCUT2D eigenvalue weighted by Gasteiger charge is 2.47. The molecular formula is C26H32FN3O2. The fourth-order valence-corrected chi connectivity index (χ4v) is 5.91. The predicted octanol–water partition coefficient (Wildman–Crippen LogP) is 3.84. The molecule has 0 unspecified atom stereocenters. The second kappa shape index (κ2) is 8.18. The van der Waals surface area contributed by atoms with Gasteiger partial charge in [0.2, 0.25) is 0 Å². The summed E-state index contributed by atoms with van der Waals surface area (Å²) in [6, 6.07) is 13.0. The molecule has 6 heteroatoms. The average molecular weight is 438 g/mol. The summed E-state index contributed by atoms with van der Waals surface area (Å²) in [5.41, 5.74) is 4.85. The summed E-state index contributed by atoms with van der Waals surface area (Å²) in [6.07, 6.45) is 2.17. The highest BCUT2D eigenvalue weighted by Crippen LogP contribution is 2.50. The van der Waals surface area contributed by atoms with Crippen molar-refractivity contribution in [2.75, 3.05) is 40.4 Å². The lowest BCUT2D eigenvalue weighted by Gasteiger charge is -2.50. The molecule has 2 aromatic carbocycles. The zero-order valence-corrected chi connectivity index (χ0v) is 19.1. The summed E-state index contributed by atoms with van der Waals surface area (Å²) in [6.45, 7) is 3.74. The van der Waals surface area contributed by atoms with Crippen LogP contribution in [0.15, 0.2) is 42.5 Å². The Labute approximate surface area is 189 Å². The van der Waals surface area contributed by atoms with E-state index in [2.05, 4.69) is 40.6 Å². The summed E-state index contributed by atoms with van der Waals surface area (Å²) < 4.78 is 21.3. The van der Waals surface area contributed by atoms with Gasteiger partial charge in [0.1, 0.15) is 11.6 Å². The summed E-state index contributed by atoms with van der Waals surface area (Å²) in [4.78, 5) is 4.80. The second-order valence-corrected chi connectivity index (χ2v) is 9.52. The van der Waals surface area contributed by atoms with Crippen molar-refractivity contribution < 1.29 is 14.2 Å². The zero-order valence-electron chi connectivity index (χ0n) is 19.1. The second-order valence-electron chi connectivity index (χ2n) is 9.52. The molecule has 2 aliphatic rings. The van der Waals surface area contributed by atoms with Crippen LogP contribution in [-0.2, 0) is 19.0 Å². The summed E-state index contributed by atoms with van der Waals surface area (Å²) >= 11 is 0. The van der Waals surface area contributed by atoms with Gasteiger partial charge in [0.15, 0.2) is 0 Å². The van der Waals surface area contributed by atoms with Crippen LogP contribution in [0.1, 0.15) is 35.7 Å². The van der Waals surface area contributed by atoms with Crippen molar-refractivity contribution in [3.63, 3.8) is 0 Å². The topological polar surface area (TPSA) is 40.9 Å². The number of aliphatic hydroxyl groups excluding tert-OH is 1. The van der Waals surface area contributed by atoms with Gasteiger partial charge in [0, 0.05) is 42.7 Å². The van der Waals surface area contributed by atoms with Crippen LogP contribution in [0.3, 0.4) is 0 Å². The Bertz CT molecular complexity index is 1120. The molecule has 1 aromatic heterocycles. The van der Waals surface area contributed by atoms with Crippen molar-refractivity contribution >= 4 is 10.9 Å². The number of benzene rings is 2. The van der Waals surface area contributed by atoms with E-state index in [4.69, 9.17) is 4.74 Å². The van der Waals surface area contributed by atoms with Gasteiger partial charge in [-0.05, 0) is 68.4 Å². The minimum atomic E-state index is -0.220. The van der Waals surface area contributed by atoms with Gasteiger partial charge in [-0.3, -0.25) is 4.90 Å². The number of aromatic nitrogens is 1. The van der Waals surface area contributed by atoms with E-state index in [0.29, 0.717) is 6.54 Å². The first-order chi connectivity index (χ1) is 15.5. The maximum atomic E-state index is 13.5. The molecule has 5 rings (SSSR count). The number of piperidine rings is 1.